The second-order valence-electron chi connectivity index (χ2n) is 6.92. The van der Waals surface area contributed by atoms with Gasteiger partial charge in [-0.05, 0) is 39.0 Å². The van der Waals surface area contributed by atoms with Gasteiger partial charge in [0.1, 0.15) is 11.4 Å². The van der Waals surface area contributed by atoms with Crippen LogP contribution in [0.1, 0.15) is 20.8 Å². The summed E-state index contributed by atoms with van der Waals surface area (Å²) >= 11 is 0. The average molecular weight is 372 g/mol. The molecule has 0 aliphatic carbocycles. The van der Waals surface area contributed by atoms with Crippen LogP contribution in [0.2, 0.25) is 0 Å². The molecular weight excluding hydrogens is 354 g/mol. The van der Waals surface area contributed by atoms with Gasteiger partial charge in [-0.15, -0.1) is 0 Å². The maximum Gasteiger partial charge on any atom is 0.491 e. The van der Waals surface area contributed by atoms with E-state index in [0.29, 0.717) is 5.69 Å². The van der Waals surface area contributed by atoms with E-state index in [1.54, 1.807) is 20.8 Å². The van der Waals surface area contributed by atoms with Crippen LogP contribution in [0.3, 0.4) is 0 Å². The molecule has 3 aromatic rings. The lowest BCUT2D eigenvalue weighted by Crippen LogP contribution is -2.31. The third-order valence-electron chi connectivity index (χ3n) is 3.52. The fourth-order valence-electron chi connectivity index (χ4n) is 2.38. The molecule has 0 spiro atoms. The molecule has 0 fully saturated rings. The molecule has 3 N–H and O–H groups in total. The van der Waals surface area contributed by atoms with Crippen LogP contribution < -0.4 is 10.8 Å². The van der Waals surface area contributed by atoms with Gasteiger partial charge in [-0.2, -0.15) is 0 Å². The molecule has 2 heterocycles. The van der Waals surface area contributed by atoms with Crippen LogP contribution >= 0.6 is 0 Å². The highest BCUT2D eigenvalue weighted by Gasteiger charge is 2.18. The minimum Gasteiger partial charge on any atom is -0.444 e. The first-order chi connectivity index (χ1) is 12.6. The molecule has 0 atom stereocenters. The number of carbonyl (C=O) groups excluding carboxylic acids is 1. The molecule has 140 valence electrons. The number of hydrogen-bond acceptors (Lipinski definition) is 6. The molecule has 10 heteroatoms. The molecule has 0 saturated carbocycles. The second kappa shape index (κ2) is 6.97. The van der Waals surface area contributed by atoms with Crippen LogP contribution in [0.15, 0.2) is 36.8 Å². The number of anilines is 1. The Kier molecular flexibility index (Phi) is 4.86. The Hall–Kier alpha value is -2.98. The zero-order valence-electron chi connectivity index (χ0n) is 15.0. The van der Waals surface area contributed by atoms with Crippen LogP contribution in [0.25, 0.3) is 17.0 Å². The lowest BCUT2D eigenvalue weighted by molar-refractivity contribution is 0.0636. The van der Waals surface area contributed by atoms with Crippen LogP contribution in [0.4, 0.5) is 14.9 Å². The normalized spacial score (nSPS) is 11.5. The molecule has 0 bridgehead atoms. The van der Waals surface area contributed by atoms with Crippen LogP contribution in [0, 0.1) is 5.82 Å². The maximum atomic E-state index is 14.3. The number of amides is 1. The van der Waals surface area contributed by atoms with Crippen molar-refractivity contribution in [2.24, 2.45) is 0 Å². The molecule has 0 saturated heterocycles. The van der Waals surface area contributed by atoms with E-state index in [-0.39, 0.29) is 22.5 Å². The van der Waals surface area contributed by atoms with Gasteiger partial charge in [0.15, 0.2) is 0 Å². The monoisotopic (exact) mass is 372 g/mol. The van der Waals surface area contributed by atoms with Gasteiger partial charge in [-0.1, -0.05) is 0 Å². The average Bonchev–Trinajstić information content (AvgIpc) is 2.97. The van der Waals surface area contributed by atoms with Crippen LogP contribution in [0.5, 0.6) is 0 Å². The molecule has 0 aliphatic heterocycles. The van der Waals surface area contributed by atoms with Crippen molar-refractivity contribution >= 4 is 30.1 Å². The molecule has 0 unspecified atom stereocenters. The van der Waals surface area contributed by atoms with Crippen molar-refractivity contribution in [1.29, 1.82) is 0 Å². The second-order valence-corrected chi connectivity index (χ2v) is 6.92. The number of nitrogens with one attached hydrogen (secondary N) is 1. The Morgan fingerprint density at radius 1 is 1.30 bits per heavy atom. The van der Waals surface area contributed by atoms with E-state index in [2.05, 4.69) is 15.3 Å². The van der Waals surface area contributed by atoms with Gasteiger partial charge in [-0.25, -0.2) is 19.2 Å². The zero-order valence-corrected chi connectivity index (χ0v) is 15.0. The van der Waals surface area contributed by atoms with Crippen molar-refractivity contribution < 1.29 is 24.0 Å². The van der Waals surface area contributed by atoms with E-state index in [0.717, 1.165) is 0 Å². The molecule has 27 heavy (non-hydrogen) atoms. The Morgan fingerprint density at radius 2 is 2.04 bits per heavy atom. The van der Waals surface area contributed by atoms with Crippen molar-refractivity contribution in [2.75, 3.05) is 5.32 Å². The van der Waals surface area contributed by atoms with E-state index in [1.165, 1.54) is 41.2 Å². The Labute approximate surface area is 154 Å². The van der Waals surface area contributed by atoms with Gasteiger partial charge in [0.2, 0.25) is 5.78 Å². The van der Waals surface area contributed by atoms with Crippen molar-refractivity contribution in [3.8, 4) is 11.3 Å². The highest BCUT2D eigenvalue weighted by Crippen LogP contribution is 2.25. The Balaban J connectivity index is 1.92. The first kappa shape index (κ1) is 18.8. The van der Waals surface area contributed by atoms with E-state index in [1.807, 2.05) is 0 Å². The third-order valence-corrected chi connectivity index (χ3v) is 3.52. The SMILES string of the molecule is CC(C)(C)OC(=O)Nc1ccc(F)c(-c2cn3cc(B(O)O)cnc3n2)c1. The summed E-state index contributed by atoms with van der Waals surface area (Å²) in [7, 11) is -1.68. The topological polar surface area (TPSA) is 109 Å². The van der Waals surface area contributed by atoms with Gasteiger partial charge < -0.3 is 14.8 Å². The lowest BCUT2D eigenvalue weighted by Gasteiger charge is -2.19. The number of fused-ring (bicyclic) bond motifs is 1. The van der Waals surface area contributed by atoms with E-state index < -0.39 is 24.6 Å². The van der Waals surface area contributed by atoms with Gasteiger partial charge in [0, 0.05) is 35.3 Å². The number of benzene rings is 1. The molecule has 1 amide bonds. The summed E-state index contributed by atoms with van der Waals surface area (Å²) in [6.45, 7) is 5.22. The molecule has 0 aliphatic rings. The standard InChI is InChI=1S/C17H18BFN4O4/c1-17(2,3)27-16(24)21-11-4-5-13(19)12(6-11)14-9-23-8-10(18(25)26)7-20-15(23)22-14/h4-9,25-26H,1-3H3,(H,21,24). The van der Waals surface area contributed by atoms with E-state index in [4.69, 9.17) is 4.74 Å². The van der Waals surface area contributed by atoms with Crippen molar-refractivity contribution in [2.45, 2.75) is 26.4 Å². The minimum atomic E-state index is -1.68. The van der Waals surface area contributed by atoms with Crippen molar-refractivity contribution in [1.82, 2.24) is 14.4 Å². The summed E-state index contributed by atoms with van der Waals surface area (Å²) in [4.78, 5) is 20.1. The molecule has 3 rings (SSSR count). The number of carbonyl (C=O) groups is 1. The predicted molar refractivity (Wildman–Crippen MR) is 98.1 cm³/mol. The van der Waals surface area contributed by atoms with Gasteiger partial charge >= 0.3 is 13.2 Å². The molecule has 2 aromatic heterocycles. The number of aromatic nitrogens is 3. The summed E-state index contributed by atoms with van der Waals surface area (Å²) in [5, 5.41) is 21.0. The summed E-state index contributed by atoms with van der Waals surface area (Å²) in [6.07, 6.45) is 3.56. The summed E-state index contributed by atoms with van der Waals surface area (Å²) in [6, 6.07) is 4.06. The highest BCUT2D eigenvalue weighted by atomic mass is 19.1. The number of imidazole rings is 1. The van der Waals surface area contributed by atoms with Crippen molar-refractivity contribution in [3.63, 3.8) is 0 Å². The smallest absolute Gasteiger partial charge is 0.444 e. The largest absolute Gasteiger partial charge is 0.491 e. The van der Waals surface area contributed by atoms with E-state index in [9.17, 15) is 19.2 Å². The van der Waals surface area contributed by atoms with Gasteiger partial charge in [0.05, 0.1) is 5.69 Å². The lowest BCUT2D eigenvalue weighted by atomic mass is 9.83. The molecular formula is C17H18BFN4O4. The summed E-state index contributed by atoms with van der Waals surface area (Å²) < 4.78 is 20.9. The first-order valence-electron chi connectivity index (χ1n) is 8.13. The molecule has 1 aromatic carbocycles. The molecule has 0 radical (unpaired) electrons. The Morgan fingerprint density at radius 3 is 2.70 bits per heavy atom. The fourth-order valence-corrected chi connectivity index (χ4v) is 2.38. The molecule has 8 nitrogen and oxygen atoms in total. The number of nitrogens with zero attached hydrogens (tertiary/aromatic N) is 3. The van der Waals surface area contributed by atoms with Crippen LogP contribution in [-0.4, -0.2) is 43.2 Å². The third kappa shape index (κ3) is 4.41. The van der Waals surface area contributed by atoms with Gasteiger partial charge in [-0.3, -0.25) is 9.72 Å². The van der Waals surface area contributed by atoms with Crippen molar-refractivity contribution in [3.05, 3.63) is 42.6 Å². The van der Waals surface area contributed by atoms with Gasteiger partial charge in [0.25, 0.3) is 0 Å². The highest BCUT2D eigenvalue weighted by molar-refractivity contribution is 6.58. The predicted octanol–water partition coefficient (Wildman–Crippen LogP) is 1.56. The maximum absolute atomic E-state index is 14.3. The first-order valence-corrected chi connectivity index (χ1v) is 8.13. The number of rotatable bonds is 3. The summed E-state index contributed by atoms with van der Waals surface area (Å²) in [5.74, 6) is -0.269. The Bertz CT molecular complexity index is 1000. The van der Waals surface area contributed by atoms with E-state index >= 15 is 0 Å². The minimum absolute atomic E-state index is 0.153. The number of hydrogen-bond donors (Lipinski definition) is 3. The zero-order chi connectivity index (χ0) is 19.8. The van der Waals surface area contributed by atoms with Crippen LogP contribution in [-0.2, 0) is 4.74 Å². The fraction of sp³-hybridized carbons (Fsp3) is 0.235. The number of halogens is 1. The number of ether oxygens (including phenoxy) is 1. The summed E-state index contributed by atoms with van der Waals surface area (Å²) in [5.41, 5.74) is 0.289. The quantitative estimate of drug-likeness (QED) is 0.602.